The summed E-state index contributed by atoms with van der Waals surface area (Å²) >= 11 is 0. The van der Waals surface area contributed by atoms with Crippen molar-refractivity contribution in [3.05, 3.63) is 53.4 Å². The lowest BCUT2D eigenvalue weighted by Crippen LogP contribution is -2.23. The van der Waals surface area contributed by atoms with E-state index < -0.39 is 0 Å². The third-order valence-electron chi connectivity index (χ3n) is 4.91. The number of ether oxygens (including phenoxy) is 2. The minimum absolute atomic E-state index is 0.0668. The molecule has 0 spiro atoms. The number of hydrogen-bond acceptors (Lipinski definition) is 4. The number of carbonyl (C=O) groups excluding carboxylic acids is 1. The SMILES string of the molecule is CC1=CCC(=O)N1c1cnc(Oc2cccc3c2C(C)(C)CO3)c(C)c1. The normalized spacial score (nSPS) is 17.8. The minimum Gasteiger partial charge on any atom is -0.492 e. The molecule has 0 fully saturated rings. The molecule has 5 heteroatoms. The highest BCUT2D eigenvalue weighted by Crippen LogP contribution is 2.45. The number of allylic oxidation sites excluding steroid dienone is 1. The number of aromatic nitrogens is 1. The summed E-state index contributed by atoms with van der Waals surface area (Å²) in [6.07, 6.45) is 4.06. The molecule has 1 aromatic carbocycles. The molecule has 1 aromatic heterocycles. The molecule has 2 aromatic rings. The summed E-state index contributed by atoms with van der Waals surface area (Å²) in [6, 6.07) is 7.78. The van der Waals surface area contributed by atoms with E-state index in [1.165, 1.54) is 0 Å². The third kappa shape index (κ3) is 2.64. The van der Waals surface area contributed by atoms with Gasteiger partial charge in [0, 0.05) is 28.7 Å². The zero-order valence-corrected chi connectivity index (χ0v) is 15.5. The second-order valence-electron chi connectivity index (χ2n) is 7.50. The Bertz CT molecular complexity index is 931. The molecule has 0 atom stereocenters. The van der Waals surface area contributed by atoms with Crippen LogP contribution in [0.2, 0.25) is 0 Å². The fraction of sp³-hybridized carbons (Fsp3) is 0.333. The molecule has 5 nitrogen and oxygen atoms in total. The molecule has 0 saturated heterocycles. The lowest BCUT2D eigenvalue weighted by Gasteiger charge is -2.21. The number of benzene rings is 1. The van der Waals surface area contributed by atoms with Crippen LogP contribution in [0.25, 0.3) is 0 Å². The van der Waals surface area contributed by atoms with Gasteiger partial charge in [0.05, 0.1) is 18.5 Å². The van der Waals surface area contributed by atoms with E-state index in [1.54, 1.807) is 11.1 Å². The Labute approximate surface area is 153 Å². The van der Waals surface area contributed by atoms with Crippen molar-refractivity contribution >= 4 is 11.6 Å². The van der Waals surface area contributed by atoms with Gasteiger partial charge in [-0.1, -0.05) is 26.0 Å². The highest BCUT2D eigenvalue weighted by atomic mass is 16.5. The zero-order chi connectivity index (χ0) is 18.5. The van der Waals surface area contributed by atoms with E-state index in [-0.39, 0.29) is 11.3 Å². The molecule has 0 radical (unpaired) electrons. The second-order valence-corrected chi connectivity index (χ2v) is 7.50. The molecule has 0 N–H and O–H groups in total. The maximum Gasteiger partial charge on any atom is 0.235 e. The van der Waals surface area contributed by atoms with Crippen molar-refractivity contribution < 1.29 is 14.3 Å². The molecule has 2 aliphatic heterocycles. The molecular weight excluding hydrogens is 328 g/mol. The van der Waals surface area contributed by atoms with Gasteiger partial charge in [0.15, 0.2) is 0 Å². The highest BCUT2D eigenvalue weighted by Gasteiger charge is 2.35. The number of aryl methyl sites for hydroxylation is 1. The molecule has 26 heavy (non-hydrogen) atoms. The first kappa shape index (κ1) is 16.6. The molecule has 0 unspecified atom stereocenters. The number of fused-ring (bicyclic) bond motifs is 1. The molecule has 2 aliphatic rings. The van der Waals surface area contributed by atoms with Crippen LogP contribution in [0.5, 0.6) is 17.4 Å². The molecule has 0 saturated carbocycles. The Morgan fingerprint density at radius 3 is 2.77 bits per heavy atom. The summed E-state index contributed by atoms with van der Waals surface area (Å²) in [6.45, 7) is 8.79. The smallest absolute Gasteiger partial charge is 0.235 e. The molecule has 134 valence electrons. The van der Waals surface area contributed by atoms with Crippen molar-refractivity contribution in [2.75, 3.05) is 11.5 Å². The number of carbonyl (C=O) groups is 1. The van der Waals surface area contributed by atoms with E-state index in [9.17, 15) is 4.79 Å². The van der Waals surface area contributed by atoms with Crippen LogP contribution < -0.4 is 14.4 Å². The van der Waals surface area contributed by atoms with Crippen molar-refractivity contribution in [3.63, 3.8) is 0 Å². The van der Waals surface area contributed by atoms with Crippen LogP contribution in [0.3, 0.4) is 0 Å². The van der Waals surface area contributed by atoms with Gasteiger partial charge in [-0.05, 0) is 32.0 Å². The maximum absolute atomic E-state index is 12.1. The third-order valence-corrected chi connectivity index (χ3v) is 4.91. The van der Waals surface area contributed by atoms with Gasteiger partial charge in [-0.15, -0.1) is 0 Å². The van der Waals surface area contributed by atoms with Gasteiger partial charge in [-0.25, -0.2) is 4.98 Å². The van der Waals surface area contributed by atoms with Gasteiger partial charge >= 0.3 is 0 Å². The Morgan fingerprint density at radius 1 is 1.27 bits per heavy atom. The van der Waals surface area contributed by atoms with Gasteiger partial charge < -0.3 is 9.47 Å². The summed E-state index contributed by atoms with van der Waals surface area (Å²) < 4.78 is 11.9. The topological polar surface area (TPSA) is 51.7 Å². The zero-order valence-electron chi connectivity index (χ0n) is 15.5. The predicted octanol–water partition coefficient (Wildman–Crippen LogP) is 4.49. The molecule has 4 rings (SSSR count). The summed E-state index contributed by atoms with van der Waals surface area (Å²) in [5.74, 6) is 2.24. The Morgan fingerprint density at radius 2 is 2.08 bits per heavy atom. The van der Waals surface area contributed by atoms with Crippen LogP contribution in [0.1, 0.15) is 38.3 Å². The van der Waals surface area contributed by atoms with Crippen LogP contribution in [0.4, 0.5) is 5.69 Å². The number of nitrogens with zero attached hydrogens (tertiary/aromatic N) is 2. The first-order valence-electron chi connectivity index (χ1n) is 8.77. The Balaban J connectivity index is 1.66. The number of hydrogen-bond donors (Lipinski definition) is 0. The Hall–Kier alpha value is -2.82. The minimum atomic E-state index is -0.107. The average molecular weight is 350 g/mol. The number of pyridine rings is 1. The van der Waals surface area contributed by atoms with Crippen molar-refractivity contribution in [3.8, 4) is 17.4 Å². The van der Waals surface area contributed by atoms with Crippen LogP contribution in [0, 0.1) is 6.92 Å². The summed E-state index contributed by atoms with van der Waals surface area (Å²) in [4.78, 5) is 18.2. The molecule has 3 heterocycles. The quantitative estimate of drug-likeness (QED) is 0.818. The standard InChI is InChI=1S/C21H22N2O3/c1-13-10-15(23-14(2)8-9-18(23)24)11-22-20(13)26-17-7-5-6-16-19(17)21(3,4)12-25-16/h5-8,10-11H,9,12H2,1-4H3. The monoisotopic (exact) mass is 350 g/mol. The van der Waals surface area contributed by atoms with Crippen molar-refractivity contribution in [1.82, 2.24) is 4.98 Å². The predicted molar refractivity (Wildman–Crippen MR) is 99.9 cm³/mol. The summed E-state index contributed by atoms with van der Waals surface area (Å²) in [7, 11) is 0. The lowest BCUT2D eigenvalue weighted by atomic mass is 9.86. The maximum atomic E-state index is 12.1. The number of rotatable bonds is 3. The largest absolute Gasteiger partial charge is 0.492 e. The first-order chi connectivity index (χ1) is 12.4. The van der Waals surface area contributed by atoms with Gasteiger partial charge in [-0.3, -0.25) is 9.69 Å². The van der Waals surface area contributed by atoms with Crippen LogP contribution >= 0.6 is 0 Å². The van der Waals surface area contributed by atoms with Gasteiger partial charge in [0.2, 0.25) is 11.8 Å². The van der Waals surface area contributed by atoms with Crippen LogP contribution in [-0.2, 0) is 10.2 Å². The fourth-order valence-electron chi connectivity index (χ4n) is 3.56. The van der Waals surface area contributed by atoms with E-state index in [0.29, 0.717) is 18.9 Å². The van der Waals surface area contributed by atoms with Gasteiger partial charge in [0.1, 0.15) is 11.5 Å². The van der Waals surface area contributed by atoms with Gasteiger partial charge in [0.25, 0.3) is 0 Å². The number of anilines is 1. The van der Waals surface area contributed by atoms with Crippen LogP contribution in [0.15, 0.2) is 42.2 Å². The van der Waals surface area contributed by atoms with E-state index >= 15 is 0 Å². The fourth-order valence-corrected chi connectivity index (χ4v) is 3.56. The first-order valence-corrected chi connectivity index (χ1v) is 8.77. The second kappa shape index (κ2) is 5.87. The van der Waals surface area contributed by atoms with Crippen molar-refractivity contribution in [2.24, 2.45) is 0 Å². The lowest BCUT2D eigenvalue weighted by molar-refractivity contribution is -0.116. The molecule has 0 bridgehead atoms. The summed E-state index contributed by atoms with van der Waals surface area (Å²) in [5, 5.41) is 0. The van der Waals surface area contributed by atoms with E-state index in [1.807, 2.05) is 44.2 Å². The van der Waals surface area contributed by atoms with Gasteiger partial charge in [-0.2, -0.15) is 0 Å². The van der Waals surface area contributed by atoms with Crippen molar-refractivity contribution in [2.45, 2.75) is 39.5 Å². The average Bonchev–Trinajstić information content (AvgIpc) is 3.09. The number of amides is 1. The van der Waals surface area contributed by atoms with E-state index in [2.05, 4.69) is 18.8 Å². The highest BCUT2D eigenvalue weighted by molar-refractivity contribution is 5.99. The van der Waals surface area contributed by atoms with Crippen LogP contribution in [-0.4, -0.2) is 17.5 Å². The van der Waals surface area contributed by atoms with Crippen molar-refractivity contribution in [1.29, 1.82) is 0 Å². The molecule has 0 aliphatic carbocycles. The molecular formula is C21H22N2O3. The summed E-state index contributed by atoms with van der Waals surface area (Å²) in [5.41, 5.74) is 3.55. The van der Waals surface area contributed by atoms with E-state index in [0.717, 1.165) is 34.0 Å². The molecule has 1 amide bonds. The Kier molecular flexibility index (Phi) is 3.75. The van der Waals surface area contributed by atoms with E-state index in [4.69, 9.17) is 9.47 Å².